The number of nitrogens with one attached hydrogen (secondary N) is 2. The van der Waals surface area contributed by atoms with Gasteiger partial charge in [-0.05, 0) is 12.1 Å². The zero-order chi connectivity index (χ0) is 26.8. The highest BCUT2D eigenvalue weighted by molar-refractivity contribution is 6.33. The number of hydrogen-bond donors (Lipinski definition) is 3. The number of pyridine rings is 1. The number of H-pyrrole nitrogens is 1. The average Bonchev–Trinajstić information content (AvgIpc) is 3.41. The maximum absolute atomic E-state index is 14.5. The smallest absolute Gasteiger partial charge is 0.324 e. The minimum absolute atomic E-state index is 0.0105. The van der Waals surface area contributed by atoms with Crippen molar-refractivity contribution in [3.63, 3.8) is 0 Å². The number of carbonyl (C=O) groups is 1. The number of nitrogens with two attached hydrogens (primary N) is 1. The van der Waals surface area contributed by atoms with Gasteiger partial charge in [0.05, 0.1) is 28.7 Å². The van der Waals surface area contributed by atoms with E-state index in [2.05, 4.69) is 31.7 Å². The summed E-state index contributed by atoms with van der Waals surface area (Å²) in [7, 11) is 0. The van der Waals surface area contributed by atoms with E-state index in [-0.39, 0.29) is 39.8 Å². The molecule has 0 bridgehead atoms. The third-order valence-corrected chi connectivity index (χ3v) is 6.27. The number of ether oxygens (including phenoxy) is 2. The van der Waals surface area contributed by atoms with E-state index in [4.69, 9.17) is 32.2 Å². The Bertz CT molecular complexity index is 1600. The van der Waals surface area contributed by atoms with Crippen LogP contribution in [0.2, 0.25) is 5.02 Å². The van der Waals surface area contributed by atoms with Gasteiger partial charge in [-0.25, -0.2) is 9.37 Å². The standard InChI is InChI=1S/C24H21ClFN9O3/c1-2-18(36)34-5-7-35(8-6-34)22-14-3-4-29-23(20(14)31-24(32-22)37-13(10-27)11-28)38-21-15-12-30-33-17(15)9-16(26)19(21)25/h2-4,9-12,27H,1,5-8,28H2,(H,30,33)/b13-11+,27-10?. The number of nitrogens with zero attached hydrogens (tertiary/aromatic N) is 6. The normalized spacial score (nSPS) is 14.1. The van der Waals surface area contributed by atoms with Crippen molar-refractivity contribution in [2.24, 2.45) is 5.73 Å². The Balaban J connectivity index is 1.62. The number of aromatic nitrogens is 5. The summed E-state index contributed by atoms with van der Waals surface area (Å²) in [6, 6.07) is 2.81. The Morgan fingerprint density at radius 2 is 2.05 bits per heavy atom. The number of aromatic amines is 1. The van der Waals surface area contributed by atoms with Crippen molar-refractivity contribution in [1.82, 2.24) is 30.0 Å². The molecule has 0 spiro atoms. The number of hydrogen-bond acceptors (Lipinski definition) is 10. The molecular weight excluding hydrogens is 517 g/mol. The highest BCUT2D eigenvalue weighted by atomic mass is 35.5. The van der Waals surface area contributed by atoms with Gasteiger partial charge in [-0.15, -0.1) is 0 Å². The average molecular weight is 538 g/mol. The minimum atomic E-state index is -0.700. The molecule has 4 aromatic rings. The molecular formula is C24H21ClFN9O3. The van der Waals surface area contributed by atoms with Gasteiger partial charge in [-0.1, -0.05) is 18.2 Å². The summed E-state index contributed by atoms with van der Waals surface area (Å²) in [5, 5.41) is 14.9. The monoisotopic (exact) mass is 537 g/mol. The molecule has 0 saturated carbocycles. The summed E-state index contributed by atoms with van der Waals surface area (Å²) >= 11 is 6.25. The second-order valence-corrected chi connectivity index (χ2v) is 8.49. The molecule has 1 amide bonds. The SMILES string of the molecule is C=CC(=O)N1CCN(c2nc(O/C(C=N)=C/N)nc3c(Oc4c(Cl)c(F)cc5[nH]ncc45)nccc23)CC1. The summed E-state index contributed by atoms with van der Waals surface area (Å²) in [6.45, 7) is 5.39. The molecule has 0 radical (unpaired) electrons. The summed E-state index contributed by atoms with van der Waals surface area (Å²) in [5.74, 6) is -0.327. The highest BCUT2D eigenvalue weighted by Crippen LogP contribution is 2.40. The van der Waals surface area contributed by atoms with Gasteiger partial charge >= 0.3 is 6.01 Å². The predicted molar refractivity (Wildman–Crippen MR) is 139 cm³/mol. The maximum atomic E-state index is 14.5. The van der Waals surface area contributed by atoms with Crippen LogP contribution in [0.25, 0.3) is 21.8 Å². The first-order valence-electron chi connectivity index (χ1n) is 11.4. The van der Waals surface area contributed by atoms with Crippen LogP contribution in [0.5, 0.6) is 17.6 Å². The number of allylic oxidation sites excluding steroid dienone is 1. The van der Waals surface area contributed by atoms with Gasteiger partial charge in [0, 0.05) is 44.6 Å². The van der Waals surface area contributed by atoms with Gasteiger partial charge < -0.3 is 30.4 Å². The van der Waals surface area contributed by atoms with E-state index >= 15 is 0 Å². The van der Waals surface area contributed by atoms with Crippen molar-refractivity contribution in [3.05, 3.63) is 60.0 Å². The van der Waals surface area contributed by atoms with Gasteiger partial charge in [0.15, 0.2) is 11.5 Å². The van der Waals surface area contributed by atoms with Gasteiger partial charge in [0.2, 0.25) is 11.8 Å². The highest BCUT2D eigenvalue weighted by Gasteiger charge is 2.25. The number of rotatable bonds is 7. The fraction of sp³-hybridized carbons (Fsp3) is 0.167. The summed E-state index contributed by atoms with van der Waals surface area (Å²) in [6.07, 6.45) is 6.26. The Morgan fingerprint density at radius 1 is 1.26 bits per heavy atom. The first kappa shape index (κ1) is 24.9. The van der Waals surface area contributed by atoms with Crippen LogP contribution < -0.4 is 20.1 Å². The molecule has 14 heteroatoms. The van der Waals surface area contributed by atoms with Crippen LogP contribution in [-0.4, -0.2) is 68.4 Å². The molecule has 12 nitrogen and oxygen atoms in total. The summed E-state index contributed by atoms with van der Waals surface area (Å²) in [5.41, 5.74) is 6.17. The van der Waals surface area contributed by atoms with Crippen molar-refractivity contribution in [1.29, 1.82) is 5.41 Å². The lowest BCUT2D eigenvalue weighted by Gasteiger charge is -2.35. The number of fused-ring (bicyclic) bond motifs is 2. The van der Waals surface area contributed by atoms with Gasteiger partial charge in [-0.2, -0.15) is 15.1 Å². The van der Waals surface area contributed by atoms with Crippen molar-refractivity contribution in [2.75, 3.05) is 31.1 Å². The van der Waals surface area contributed by atoms with Crippen molar-refractivity contribution in [3.8, 4) is 17.6 Å². The molecule has 0 atom stereocenters. The molecule has 1 aromatic carbocycles. The van der Waals surface area contributed by atoms with Crippen LogP contribution in [-0.2, 0) is 4.79 Å². The lowest BCUT2D eigenvalue weighted by molar-refractivity contribution is -0.126. The second kappa shape index (κ2) is 10.3. The van der Waals surface area contributed by atoms with E-state index < -0.39 is 5.82 Å². The molecule has 5 rings (SSSR count). The molecule has 1 aliphatic rings. The van der Waals surface area contributed by atoms with Gasteiger partial charge in [0.1, 0.15) is 22.2 Å². The van der Waals surface area contributed by atoms with E-state index in [1.54, 1.807) is 11.0 Å². The van der Waals surface area contributed by atoms with Crippen LogP contribution in [0.4, 0.5) is 10.2 Å². The van der Waals surface area contributed by atoms with Crippen molar-refractivity contribution in [2.45, 2.75) is 0 Å². The molecule has 38 heavy (non-hydrogen) atoms. The van der Waals surface area contributed by atoms with Crippen LogP contribution in [0.3, 0.4) is 0 Å². The second-order valence-electron chi connectivity index (χ2n) is 8.11. The Morgan fingerprint density at radius 3 is 2.76 bits per heavy atom. The van der Waals surface area contributed by atoms with Crippen molar-refractivity contribution >= 4 is 51.3 Å². The zero-order valence-electron chi connectivity index (χ0n) is 19.8. The van der Waals surface area contributed by atoms with Crippen LogP contribution >= 0.6 is 11.6 Å². The van der Waals surface area contributed by atoms with Gasteiger partial charge in [-0.3, -0.25) is 9.89 Å². The van der Waals surface area contributed by atoms with Crippen LogP contribution in [0.1, 0.15) is 0 Å². The molecule has 194 valence electrons. The molecule has 0 aliphatic carbocycles. The van der Waals surface area contributed by atoms with E-state index in [9.17, 15) is 9.18 Å². The number of halogens is 2. The first-order chi connectivity index (χ1) is 18.4. The fourth-order valence-corrected chi connectivity index (χ4v) is 4.24. The maximum Gasteiger partial charge on any atom is 0.324 e. The molecule has 0 unspecified atom stereocenters. The third-order valence-electron chi connectivity index (χ3n) is 5.91. The van der Waals surface area contributed by atoms with E-state index in [1.165, 1.54) is 24.5 Å². The van der Waals surface area contributed by atoms with Crippen molar-refractivity contribution < 1.29 is 18.7 Å². The Hall–Kier alpha value is -4.78. The Labute approximate surface area is 220 Å². The quantitative estimate of drug-likeness (QED) is 0.183. The predicted octanol–water partition coefficient (Wildman–Crippen LogP) is 3.15. The topological polar surface area (TPSA) is 159 Å². The Kier molecular flexibility index (Phi) is 6.75. The number of carbonyl (C=O) groups excluding carboxylic acids is 1. The molecule has 1 aliphatic heterocycles. The van der Waals surface area contributed by atoms with Crippen LogP contribution in [0.15, 0.2) is 49.1 Å². The third kappa shape index (κ3) is 4.54. The lowest BCUT2D eigenvalue weighted by Crippen LogP contribution is -2.48. The zero-order valence-corrected chi connectivity index (χ0v) is 20.6. The number of benzene rings is 1. The molecule has 3 aromatic heterocycles. The number of anilines is 1. The first-order valence-corrected chi connectivity index (χ1v) is 11.7. The lowest BCUT2D eigenvalue weighted by atomic mass is 10.2. The van der Waals surface area contributed by atoms with Gasteiger partial charge in [0.25, 0.3) is 0 Å². The summed E-state index contributed by atoms with van der Waals surface area (Å²) < 4.78 is 26.2. The molecule has 4 heterocycles. The number of piperazine rings is 1. The van der Waals surface area contributed by atoms with E-state index in [0.717, 1.165) is 12.4 Å². The largest absolute Gasteiger partial charge is 0.434 e. The fourth-order valence-electron chi connectivity index (χ4n) is 4.04. The molecule has 4 N–H and O–H groups in total. The van der Waals surface area contributed by atoms with E-state index in [1.807, 2.05) is 4.90 Å². The molecule has 1 saturated heterocycles. The van der Waals surface area contributed by atoms with Crippen LogP contribution in [0, 0.1) is 11.2 Å². The van der Waals surface area contributed by atoms with E-state index in [0.29, 0.717) is 48.3 Å². The number of amides is 1. The minimum Gasteiger partial charge on any atom is -0.434 e. The summed E-state index contributed by atoms with van der Waals surface area (Å²) in [4.78, 5) is 29.0. The molecule has 1 fully saturated rings.